The van der Waals surface area contributed by atoms with Gasteiger partial charge in [-0.1, -0.05) is 45.9 Å². The van der Waals surface area contributed by atoms with Crippen LogP contribution in [0.1, 0.15) is 79.1 Å². The molecule has 1 aliphatic heterocycles. The summed E-state index contributed by atoms with van der Waals surface area (Å²) in [6.07, 6.45) is -8.38. The highest BCUT2D eigenvalue weighted by Gasteiger charge is 2.88. The molecule has 2 saturated carbocycles. The van der Waals surface area contributed by atoms with E-state index in [0.717, 1.165) is 13.8 Å². The zero-order chi connectivity index (χ0) is 35.3. The van der Waals surface area contributed by atoms with Gasteiger partial charge >= 0.3 is 29.8 Å². The molecule has 1 aromatic rings. The molecular weight excluding hydrogens is 616 g/mol. The monoisotopic (exact) mass is 662 g/mol. The van der Waals surface area contributed by atoms with E-state index in [9.17, 15) is 34.2 Å². The van der Waals surface area contributed by atoms with E-state index in [4.69, 9.17) is 28.4 Å². The number of hydrogen-bond donors (Lipinski definition) is 2. The van der Waals surface area contributed by atoms with Crippen molar-refractivity contribution in [3.63, 3.8) is 0 Å². The molecule has 3 aliphatic rings. The van der Waals surface area contributed by atoms with Crippen molar-refractivity contribution in [2.75, 3.05) is 6.61 Å². The average molecular weight is 663 g/mol. The third-order valence-corrected chi connectivity index (χ3v) is 9.58. The predicted molar refractivity (Wildman–Crippen MR) is 162 cm³/mol. The van der Waals surface area contributed by atoms with Gasteiger partial charge in [0.2, 0.25) is 0 Å². The maximum Gasteiger partial charge on any atom is 0.338 e. The lowest BCUT2D eigenvalue weighted by Crippen LogP contribution is -2.85. The van der Waals surface area contributed by atoms with Crippen molar-refractivity contribution < 1.29 is 62.6 Å². The molecule has 1 aromatic carbocycles. The van der Waals surface area contributed by atoms with Crippen molar-refractivity contribution in [2.24, 2.45) is 23.2 Å². The van der Waals surface area contributed by atoms with Gasteiger partial charge in [0.25, 0.3) is 0 Å². The summed E-state index contributed by atoms with van der Waals surface area (Å²) in [5, 5.41) is 24.9. The first-order chi connectivity index (χ1) is 21.7. The van der Waals surface area contributed by atoms with Crippen molar-refractivity contribution in [1.29, 1.82) is 0 Å². The fourth-order valence-electron chi connectivity index (χ4n) is 7.73. The summed E-state index contributed by atoms with van der Waals surface area (Å²) in [6.45, 7) is 12.4. The lowest BCUT2D eigenvalue weighted by atomic mass is 9.45. The number of esters is 5. The maximum absolute atomic E-state index is 13.9. The highest BCUT2D eigenvalue weighted by molar-refractivity contribution is 5.89. The minimum absolute atomic E-state index is 0.102. The molecule has 13 nitrogen and oxygen atoms in total. The molecule has 1 saturated heterocycles. The molecule has 0 radical (unpaired) electrons. The molecule has 0 aromatic heterocycles. The van der Waals surface area contributed by atoms with E-state index in [-0.39, 0.29) is 5.56 Å². The van der Waals surface area contributed by atoms with Crippen LogP contribution in [0, 0.1) is 23.2 Å². The van der Waals surface area contributed by atoms with Crippen molar-refractivity contribution in [3.05, 3.63) is 35.9 Å². The molecule has 47 heavy (non-hydrogen) atoms. The van der Waals surface area contributed by atoms with Gasteiger partial charge in [-0.2, -0.15) is 0 Å². The van der Waals surface area contributed by atoms with Gasteiger partial charge in [-0.05, 0) is 32.9 Å². The second-order valence-electron chi connectivity index (χ2n) is 14.1. The van der Waals surface area contributed by atoms with Crippen LogP contribution in [0.25, 0.3) is 0 Å². The van der Waals surface area contributed by atoms with Gasteiger partial charge in [0.05, 0.1) is 40.6 Å². The molecule has 4 rings (SSSR count). The van der Waals surface area contributed by atoms with Gasteiger partial charge in [0, 0.05) is 20.3 Å². The molecule has 3 fully saturated rings. The Balaban J connectivity index is 2.12. The Morgan fingerprint density at radius 3 is 1.96 bits per heavy atom. The average Bonchev–Trinajstić information content (AvgIpc) is 3.15. The third kappa shape index (κ3) is 6.02. The lowest BCUT2D eigenvalue weighted by molar-refractivity contribution is -0.363. The number of benzene rings is 1. The van der Waals surface area contributed by atoms with E-state index in [2.05, 4.69) is 0 Å². The van der Waals surface area contributed by atoms with E-state index in [1.54, 1.807) is 59.7 Å². The van der Waals surface area contributed by atoms with Gasteiger partial charge in [0.1, 0.15) is 29.8 Å². The molecule has 2 N–H and O–H groups in total. The third-order valence-electron chi connectivity index (χ3n) is 9.58. The summed E-state index contributed by atoms with van der Waals surface area (Å²) >= 11 is 0. The number of carbonyl (C=O) groups excluding carboxylic acids is 5. The Hall–Kier alpha value is -3.55. The highest BCUT2D eigenvalue weighted by Crippen LogP contribution is 2.69. The summed E-state index contributed by atoms with van der Waals surface area (Å²) in [6, 6.07) is 7.89. The molecule has 1 heterocycles. The largest absolute Gasteiger partial charge is 0.464 e. The summed E-state index contributed by atoms with van der Waals surface area (Å²) in [4.78, 5) is 65.7. The molecule has 2 bridgehead atoms. The Labute approximate surface area is 274 Å². The van der Waals surface area contributed by atoms with Crippen LogP contribution in [0.2, 0.25) is 0 Å². The normalized spacial score (nSPS) is 35.4. The Kier molecular flexibility index (Phi) is 9.89. The minimum Gasteiger partial charge on any atom is -0.464 e. The fourth-order valence-corrected chi connectivity index (χ4v) is 7.73. The van der Waals surface area contributed by atoms with Gasteiger partial charge in [-0.3, -0.25) is 19.2 Å². The Bertz CT molecular complexity index is 1390. The number of rotatable bonds is 9. The van der Waals surface area contributed by atoms with E-state index in [0.29, 0.717) is 0 Å². The molecule has 1 spiro atoms. The fraction of sp³-hybridized carbons (Fsp3) is 0.676. The van der Waals surface area contributed by atoms with Crippen LogP contribution in [0.4, 0.5) is 0 Å². The first-order valence-corrected chi connectivity index (χ1v) is 15.8. The van der Waals surface area contributed by atoms with E-state index in [1.807, 2.05) is 0 Å². The SMILES string of the molecule is CC(=O)O[C@H]1[C@@H]2[C@@H](O)[C@@]3(OC2(C)C)[C@](COC(=O)C(C)C)([C@@H]1OC(=O)c1ccccc1)[C@@H](OC(C)=O)[C@@H](OC(=O)C(C)C)C[C@@]3(C)O. The molecule has 9 atom stereocenters. The van der Waals surface area contributed by atoms with Crippen LogP contribution in [-0.4, -0.2) is 94.0 Å². The quantitative estimate of drug-likeness (QED) is 0.291. The van der Waals surface area contributed by atoms with E-state index in [1.165, 1.54) is 19.1 Å². The molecular formula is C34H46O13. The van der Waals surface area contributed by atoms with Gasteiger partial charge in [-0.25, -0.2) is 4.79 Å². The smallest absolute Gasteiger partial charge is 0.338 e. The Morgan fingerprint density at radius 1 is 0.851 bits per heavy atom. The van der Waals surface area contributed by atoms with Crippen LogP contribution in [0.3, 0.4) is 0 Å². The zero-order valence-electron chi connectivity index (χ0n) is 28.3. The van der Waals surface area contributed by atoms with Crippen LogP contribution >= 0.6 is 0 Å². The molecule has 13 heteroatoms. The summed E-state index contributed by atoms with van der Waals surface area (Å²) in [7, 11) is 0. The number of hydrogen-bond acceptors (Lipinski definition) is 13. The zero-order valence-corrected chi connectivity index (χ0v) is 28.3. The minimum atomic E-state index is -2.23. The van der Waals surface area contributed by atoms with Gasteiger partial charge < -0.3 is 38.6 Å². The van der Waals surface area contributed by atoms with Crippen LogP contribution in [0.5, 0.6) is 0 Å². The summed E-state index contributed by atoms with van der Waals surface area (Å²) in [5.41, 5.74) is -7.86. The van der Waals surface area contributed by atoms with Crippen molar-refractivity contribution in [3.8, 4) is 0 Å². The summed E-state index contributed by atoms with van der Waals surface area (Å²) in [5.74, 6) is -6.41. The van der Waals surface area contributed by atoms with Crippen molar-refractivity contribution in [2.45, 2.75) is 116 Å². The van der Waals surface area contributed by atoms with Crippen LogP contribution in [-0.2, 0) is 47.6 Å². The van der Waals surface area contributed by atoms with Gasteiger partial charge in [0.15, 0.2) is 12.2 Å². The molecule has 0 unspecified atom stereocenters. The number of ether oxygens (including phenoxy) is 6. The number of aliphatic hydroxyl groups is 2. The van der Waals surface area contributed by atoms with E-state index >= 15 is 0 Å². The number of fused-ring (bicyclic) bond motifs is 1. The van der Waals surface area contributed by atoms with Crippen molar-refractivity contribution in [1.82, 2.24) is 0 Å². The number of carbonyl (C=O) groups is 5. The van der Waals surface area contributed by atoms with Crippen molar-refractivity contribution >= 4 is 29.8 Å². The number of aliphatic hydroxyl groups excluding tert-OH is 1. The first kappa shape index (κ1) is 36.3. The maximum atomic E-state index is 13.9. The predicted octanol–water partition coefficient (Wildman–Crippen LogP) is 2.52. The highest BCUT2D eigenvalue weighted by atomic mass is 16.6. The van der Waals surface area contributed by atoms with Crippen LogP contribution in [0.15, 0.2) is 30.3 Å². The topological polar surface area (TPSA) is 181 Å². The standard InChI is InChI=1S/C34H46O13/c1-17(2)28(38)42-16-33-26(44-20(6)36)22(45-29(39)18(3)4)15-32(9,41)34(33)25(37)23(31(7,8)47-34)24(43-19(5)35)27(33)46-30(40)21-13-11-10-12-14-21/h10-14,17-18,22-27,37,41H,15-16H2,1-9H3/t22-,23+,24-,25+,26-,27+,32+,33-,34-/m0/s1. The molecule has 260 valence electrons. The van der Waals surface area contributed by atoms with E-state index < -0.39 is 113 Å². The Morgan fingerprint density at radius 2 is 1.43 bits per heavy atom. The lowest BCUT2D eigenvalue weighted by Gasteiger charge is -2.66. The molecule has 0 amide bonds. The summed E-state index contributed by atoms with van der Waals surface area (Å²) < 4.78 is 36.5. The van der Waals surface area contributed by atoms with Gasteiger partial charge in [-0.15, -0.1) is 0 Å². The first-order valence-electron chi connectivity index (χ1n) is 15.8. The second-order valence-corrected chi connectivity index (χ2v) is 14.1. The molecule has 2 aliphatic carbocycles. The van der Waals surface area contributed by atoms with Crippen LogP contribution < -0.4 is 0 Å². The second kappa shape index (κ2) is 12.8.